The number of hydrogen-bond acceptors (Lipinski definition) is 5. The topological polar surface area (TPSA) is 73.6 Å². The Labute approximate surface area is 155 Å². The molecule has 0 heterocycles. The highest BCUT2D eigenvalue weighted by molar-refractivity contribution is 7.99. The number of nitrogens with one attached hydrogen (secondary N) is 1. The number of amides is 1. The molecule has 0 aliphatic carbocycles. The van der Waals surface area contributed by atoms with Gasteiger partial charge in [-0.1, -0.05) is 13.8 Å². The van der Waals surface area contributed by atoms with Gasteiger partial charge in [0.05, 0.1) is 19.8 Å². The number of methoxy groups -OCH3 is 2. The fourth-order valence-corrected chi connectivity index (χ4v) is 3.17. The summed E-state index contributed by atoms with van der Waals surface area (Å²) in [5, 5.41) is 3.08. The molecule has 7 heteroatoms. The van der Waals surface area contributed by atoms with E-state index in [1.807, 2.05) is 18.2 Å². The molecule has 0 spiro atoms. The molecule has 0 unspecified atom stereocenters. The minimum absolute atomic E-state index is 0. The number of rotatable bonds is 10. The first-order valence-corrected chi connectivity index (χ1v) is 8.88. The molecule has 0 aliphatic heterocycles. The molecule has 0 atom stereocenters. The van der Waals surface area contributed by atoms with Crippen LogP contribution in [-0.2, 0) is 4.79 Å². The molecule has 1 aromatic rings. The molecule has 1 amide bonds. The summed E-state index contributed by atoms with van der Waals surface area (Å²) in [5.74, 6) is 2.15. The van der Waals surface area contributed by atoms with Crippen LogP contribution in [0.3, 0.4) is 0 Å². The molecule has 0 aliphatic rings. The van der Waals surface area contributed by atoms with Crippen LogP contribution >= 0.6 is 24.2 Å². The molecule has 0 radical (unpaired) electrons. The molecule has 1 aromatic carbocycles. The fraction of sp³-hybridized carbons (Fsp3) is 0.588. The number of carbonyl (C=O) groups excluding carboxylic acids is 1. The Bertz CT molecular complexity index is 502. The largest absolute Gasteiger partial charge is 0.493 e. The maximum atomic E-state index is 12.1. The van der Waals surface area contributed by atoms with Crippen molar-refractivity contribution in [2.45, 2.75) is 43.5 Å². The predicted molar refractivity (Wildman–Crippen MR) is 103 cm³/mol. The van der Waals surface area contributed by atoms with E-state index in [2.05, 4.69) is 19.2 Å². The molecule has 0 aromatic heterocycles. The van der Waals surface area contributed by atoms with Crippen molar-refractivity contribution < 1.29 is 14.3 Å². The van der Waals surface area contributed by atoms with Gasteiger partial charge in [0.25, 0.3) is 0 Å². The summed E-state index contributed by atoms with van der Waals surface area (Å²) in [5.41, 5.74) is 5.54. The van der Waals surface area contributed by atoms with Gasteiger partial charge in [0.15, 0.2) is 11.5 Å². The molecular formula is C17H29ClN2O3S. The normalized spacial score (nSPS) is 10.7. The highest BCUT2D eigenvalue weighted by Gasteiger charge is 2.25. The van der Waals surface area contributed by atoms with Crippen LogP contribution in [0.2, 0.25) is 0 Å². The lowest BCUT2D eigenvalue weighted by Gasteiger charge is -2.31. The molecule has 0 bridgehead atoms. The zero-order valence-corrected chi connectivity index (χ0v) is 16.5. The standard InChI is InChI=1S/C17H28N2O3S.ClH/c1-5-17(6-2,12-18)19-16(20)9-10-23-13-7-8-14(21-3)15(11-13)22-4;/h7-8,11H,5-6,9-10,12,18H2,1-4H3,(H,19,20);1H. The SMILES string of the molecule is CCC(CC)(CN)NC(=O)CCSc1ccc(OC)c(OC)c1.Cl. The molecule has 0 saturated heterocycles. The third-order valence-electron chi connectivity index (χ3n) is 4.10. The van der Waals surface area contributed by atoms with Crippen LogP contribution in [0.15, 0.2) is 23.1 Å². The van der Waals surface area contributed by atoms with Gasteiger partial charge >= 0.3 is 0 Å². The van der Waals surface area contributed by atoms with Gasteiger partial charge in [-0.15, -0.1) is 24.2 Å². The highest BCUT2D eigenvalue weighted by Crippen LogP contribution is 2.32. The Hall–Kier alpha value is -1.11. The minimum atomic E-state index is -0.273. The van der Waals surface area contributed by atoms with E-state index in [0.717, 1.165) is 17.7 Å². The van der Waals surface area contributed by atoms with Crippen LogP contribution in [0.25, 0.3) is 0 Å². The Morgan fingerprint density at radius 2 is 1.83 bits per heavy atom. The molecule has 0 fully saturated rings. The molecule has 3 N–H and O–H groups in total. The van der Waals surface area contributed by atoms with Crippen molar-refractivity contribution in [3.05, 3.63) is 18.2 Å². The second-order valence-electron chi connectivity index (χ2n) is 5.35. The summed E-state index contributed by atoms with van der Waals surface area (Å²) in [6.45, 7) is 4.57. The fourth-order valence-electron chi connectivity index (χ4n) is 2.29. The second-order valence-corrected chi connectivity index (χ2v) is 6.52. The monoisotopic (exact) mass is 376 g/mol. The van der Waals surface area contributed by atoms with E-state index in [0.29, 0.717) is 30.2 Å². The summed E-state index contributed by atoms with van der Waals surface area (Å²) in [6.07, 6.45) is 2.14. The van der Waals surface area contributed by atoms with E-state index in [1.165, 1.54) is 0 Å². The summed E-state index contributed by atoms with van der Waals surface area (Å²) in [6, 6.07) is 5.75. The van der Waals surface area contributed by atoms with Crippen molar-refractivity contribution in [2.24, 2.45) is 5.73 Å². The van der Waals surface area contributed by atoms with Crippen LogP contribution in [0, 0.1) is 0 Å². The van der Waals surface area contributed by atoms with Gasteiger partial charge in [-0.05, 0) is 31.0 Å². The quantitative estimate of drug-likeness (QED) is 0.613. The average molecular weight is 377 g/mol. The predicted octanol–water partition coefficient (Wildman–Crippen LogP) is 3.24. The van der Waals surface area contributed by atoms with Crippen molar-refractivity contribution >= 4 is 30.1 Å². The zero-order chi connectivity index (χ0) is 17.3. The van der Waals surface area contributed by atoms with Gasteiger partial charge in [-0.25, -0.2) is 0 Å². The lowest BCUT2D eigenvalue weighted by atomic mass is 9.93. The van der Waals surface area contributed by atoms with Crippen molar-refractivity contribution in [3.8, 4) is 11.5 Å². The summed E-state index contributed by atoms with van der Waals surface area (Å²) < 4.78 is 10.5. The van der Waals surface area contributed by atoms with Crippen molar-refractivity contribution in [3.63, 3.8) is 0 Å². The molecule has 0 saturated carbocycles. The van der Waals surface area contributed by atoms with Gasteiger partial charge in [0, 0.05) is 23.6 Å². The van der Waals surface area contributed by atoms with E-state index in [9.17, 15) is 4.79 Å². The smallest absolute Gasteiger partial charge is 0.221 e. The van der Waals surface area contributed by atoms with Gasteiger partial charge in [0.2, 0.25) is 5.91 Å². The van der Waals surface area contributed by atoms with Gasteiger partial charge < -0.3 is 20.5 Å². The third kappa shape index (κ3) is 6.42. The summed E-state index contributed by atoms with van der Waals surface area (Å²) in [7, 11) is 3.22. The van der Waals surface area contributed by atoms with Crippen LogP contribution < -0.4 is 20.5 Å². The number of ether oxygens (including phenoxy) is 2. The number of halogens is 1. The van der Waals surface area contributed by atoms with Crippen molar-refractivity contribution in [2.75, 3.05) is 26.5 Å². The first-order chi connectivity index (χ1) is 11.0. The number of nitrogens with two attached hydrogens (primary N) is 1. The van der Waals surface area contributed by atoms with Crippen LogP contribution in [0.4, 0.5) is 0 Å². The summed E-state index contributed by atoms with van der Waals surface area (Å²) >= 11 is 1.62. The number of carbonyl (C=O) groups is 1. The molecule has 1 rings (SSSR count). The van der Waals surface area contributed by atoms with Crippen molar-refractivity contribution in [1.29, 1.82) is 0 Å². The Balaban J connectivity index is 0.00000529. The minimum Gasteiger partial charge on any atom is -0.493 e. The number of thioether (sulfide) groups is 1. The van der Waals surface area contributed by atoms with E-state index >= 15 is 0 Å². The molecule has 5 nitrogen and oxygen atoms in total. The first kappa shape index (κ1) is 22.9. The van der Waals surface area contributed by atoms with E-state index < -0.39 is 0 Å². The maximum absolute atomic E-state index is 12.1. The Morgan fingerprint density at radius 3 is 2.33 bits per heavy atom. The molecule has 24 heavy (non-hydrogen) atoms. The van der Waals surface area contributed by atoms with E-state index in [4.69, 9.17) is 15.2 Å². The van der Waals surface area contributed by atoms with Crippen LogP contribution in [-0.4, -0.2) is 38.0 Å². The second kappa shape index (κ2) is 11.4. The highest BCUT2D eigenvalue weighted by atomic mass is 35.5. The van der Waals surface area contributed by atoms with Gasteiger partial charge in [-0.2, -0.15) is 0 Å². The van der Waals surface area contributed by atoms with E-state index in [1.54, 1.807) is 26.0 Å². The molecule has 138 valence electrons. The lowest BCUT2D eigenvalue weighted by Crippen LogP contribution is -2.52. The van der Waals surface area contributed by atoms with Gasteiger partial charge in [-0.3, -0.25) is 4.79 Å². The van der Waals surface area contributed by atoms with E-state index in [-0.39, 0.29) is 23.9 Å². The molecular weight excluding hydrogens is 348 g/mol. The third-order valence-corrected chi connectivity index (χ3v) is 5.10. The van der Waals surface area contributed by atoms with Crippen LogP contribution in [0.5, 0.6) is 11.5 Å². The Kier molecular flexibility index (Phi) is 10.9. The Morgan fingerprint density at radius 1 is 1.21 bits per heavy atom. The first-order valence-electron chi connectivity index (χ1n) is 7.90. The number of hydrogen-bond donors (Lipinski definition) is 2. The van der Waals surface area contributed by atoms with Crippen molar-refractivity contribution in [1.82, 2.24) is 5.32 Å². The summed E-state index contributed by atoms with van der Waals surface area (Å²) in [4.78, 5) is 13.2. The maximum Gasteiger partial charge on any atom is 0.221 e. The number of benzene rings is 1. The zero-order valence-electron chi connectivity index (χ0n) is 14.9. The van der Waals surface area contributed by atoms with Gasteiger partial charge in [0.1, 0.15) is 0 Å². The lowest BCUT2D eigenvalue weighted by molar-refractivity contribution is -0.122. The average Bonchev–Trinajstić information content (AvgIpc) is 2.59. The van der Waals surface area contributed by atoms with Crippen LogP contribution in [0.1, 0.15) is 33.1 Å².